The Kier molecular flexibility index (Phi) is 5.13. The van der Waals surface area contributed by atoms with Gasteiger partial charge in [0.1, 0.15) is 6.04 Å². The standard InChI is InChI=1S/C22H24N2O3/c1-13(2)11-19(20(25)23-18-10-9-14(3)12-15(18)4)24-21(26)16-7-5-6-8-17(16)22(24)27/h5-10,12-13,19H,11H2,1-4H3,(H,23,25). The minimum atomic E-state index is -0.849. The summed E-state index contributed by atoms with van der Waals surface area (Å²) < 4.78 is 0. The van der Waals surface area contributed by atoms with Crippen molar-refractivity contribution in [1.29, 1.82) is 0 Å². The SMILES string of the molecule is Cc1ccc(NC(=O)C(CC(C)C)N2C(=O)c3ccccc3C2=O)c(C)c1. The fourth-order valence-electron chi connectivity index (χ4n) is 3.44. The van der Waals surface area contributed by atoms with Crippen molar-refractivity contribution < 1.29 is 14.4 Å². The number of aryl methyl sites for hydroxylation is 2. The highest BCUT2D eigenvalue weighted by Gasteiger charge is 2.42. The molecule has 0 bridgehead atoms. The molecule has 5 heteroatoms. The molecule has 0 aromatic heterocycles. The number of carbonyl (C=O) groups is 3. The fraction of sp³-hybridized carbons (Fsp3) is 0.318. The number of hydrogen-bond donors (Lipinski definition) is 1. The van der Waals surface area contributed by atoms with Crippen molar-refractivity contribution >= 4 is 23.4 Å². The Morgan fingerprint density at radius 1 is 1.00 bits per heavy atom. The van der Waals surface area contributed by atoms with Gasteiger partial charge in [0.05, 0.1) is 11.1 Å². The smallest absolute Gasteiger partial charge is 0.262 e. The lowest BCUT2D eigenvalue weighted by Gasteiger charge is -2.27. The third kappa shape index (κ3) is 3.63. The van der Waals surface area contributed by atoms with Crippen molar-refractivity contribution in [2.24, 2.45) is 5.92 Å². The molecule has 3 amide bonds. The zero-order valence-electron chi connectivity index (χ0n) is 16.1. The van der Waals surface area contributed by atoms with E-state index in [2.05, 4.69) is 5.32 Å². The van der Waals surface area contributed by atoms with Crippen LogP contribution in [-0.2, 0) is 4.79 Å². The van der Waals surface area contributed by atoms with E-state index in [1.54, 1.807) is 24.3 Å². The lowest BCUT2D eigenvalue weighted by Crippen LogP contribution is -2.48. The lowest BCUT2D eigenvalue weighted by molar-refractivity contribution is -0.120. The van der Waals surface area contributed by atoms with Gasteiger partial charge in [-0.25, -0.2) is 0 Å². The van der Waals surface area contributed by atoms with Crippen LogP contribution in [0, 0.1) is 19.8 Å². The van der Waals surface area contributed by atoms with Crippen LogP contribution in [0.3, 0.4) is 0 Å². The Morgan fingerprint density at radius 3 is 2.11 bits per heavy atom. The first-order valence-electron chi connectivity index (χ1n) is 9.14. The van der Waals surface area contributed by atoms with E-state index < -0.39 is 17.9 Å². The maximum atomic E-state index is 13.1. The molecule has 3 rings (SSSR count). The molecule has 1 atom stereocenters. The average Bonchev–Trinajstić information content (AvgIpc) is 2.86. The van der Waals surface area contributed by atoms with Crippen molar-refractivity contribution in [3.63, 3.8) is 0 Å². The summed E-state index contributed by atoms with van der Waals surface area (Å²) in [6, 6.07) is 11.6. The number of benzene rings is 2. The minimum absolute atomic E-state index is 0.143. The molecule has 1 aliphatic rings. The van der Waals surface area contributed by atoms with Gasteiger partial charge in [0, 0.05) is 5.69 Å². The highest BCUT2D eigenvalue weighted by atomic mass is 16.2. The molecule has 1 N–H and O–H groups in total. The van der Waals surface area contributed by atoms with Crippen LogP contribution >= 0.6 is 0 Å². The van der Waals surface area contributed by atoms with E-state index in [-0.39, 0.29) is 11.8 Å². The Bertz CT molecular complexity index is 883. The van der Waals surface area contributed by atoms with Crippen LogP contribution in [0.15, 0.2) is 42.5 Å². The highest BCUT2D eigenvalue weighted by molar-refractivity contribution is 6.23. The van der Waals surface area contributed by atoms with Gasteiger partial charge in [0.2, 0.25) is 5.91 Å². The maximum absolute atomic E-state index is 13.1. The molecule has 1 unspecified atom stereocenters. The number of carbonyl (C=O) groups excluding carboxylic acids is 3. The summed E-state index contributed by atoms with van der Waals surface area (Å²) in [5, 5.41) is 2.90. The molecule has 1 aliphatic heterocycles. The quantitative estimate of drug-likeness (QED) is 0.817. The summed E-state index contributed by atoms with van der Waals surface area (Å²) >= 11 is 0. The number of nitrogens with zero attached hydrogens (tertiary/aromatic N) is 1. The van der Waals surface area contributed by atoms with Crippen LogP contribution in [0.25, 0.3) is 0 Å². The van der Waals surface area contributed by atoms with E-state index in [0.29, 0.717) is 23.2 Å². The number of imide groups is 1. The Labute approximate surface area is 159 Å². The molecule has 0 radical (unpaired) electrons. The molecule has 0 spiro atoms. The lowest BCUT2D eigenvalue weighted by atomic mass is 10.0. The van der Waals surface area contributed by atoms with Crippen LogP contribution in [0.1, 0.15) is 52.1 Å². The molecule has 2 aromatic rings. The number of anilines is 1. The second-order valence-corrected chi connectivity index (χ2v) is 7.48. The molecule has 5 nitrogen and oxygen atoms in total. The van der Waals surface area contributed by atoms with Gasteiger partial charge < -0.3 is 5.32 Å². The van der Waals surface area contributed by atoms with Crippen molar-refractivity contribution in [2.75, 3.05) is 5.32 Å². The van der Waals surface area contributed by atoms with Crippen molar-refractivity contribution in [3.05, 3.63) is 64.7 Å². The topological polar surface area (TPSA) is 66.5 Å². The first-order chi connectivity index (χ1) is 12.8. The Morgan fingerprint density at radius 2 is 1.59 bits per heavy atom. The number of amides is 3. The van der Waals surface area contributed by atoms with E-state index in [9.17, 15) is 14.4 Å². The normalized spacial score (nSPS) is 14.5. The molecule has 1 heterocycles. The van der Waals surface area contributed by atoms with Crippen LogP contribution in [0.4, 0.5) is 5.69 Å². The van der Waals surface area contributed by atoms with Gasteiger partial charge in [-0.3, -0.25) is 19.3 Å². The summed E-state index contributed by atoms with van der Waals surface area (Å²) in [6.07, 6.45) is 0.405. The molecule has 0 saturated carbocycles. The van der Waals surface area contributed by atoms with Crippen LogP contribution < -0.4 is 5.32 Å². The van der Waals surface area contributed by atoms with Crippen LogP contribution in [0.2, 0.25) is 0 Å². The molecule has 140 valence electrons. The molecular weight excluding hydrogens is 340 g/mol. The molecule has 0 saturated heterocycles. The fourth-order valence-corrected chi connectivity index (χ4v) is 3.44. The molecule has 2 aromatic carbocycles. The maximum Gasteiger partial charge on any atom is 0.262 e. The van der Waals surface area contributed by atoms with Crippen molar-refractivity contribution in [2.45, 2.75) is 40.2 Å². The first kappa shape index (κ1) is 18.8. The predicted molar refractivity (Wildman–Crippen MR) is 105 cm³/mol. The van der Waals surface area contributed by atoms with Crippen LogP contribution in [0.5, 0.6) is 0 Å². The van der Waals surface area contributed by atoms with E-state index in [1.807, 2.05) is 45.9 Å². The third-order valence-corrected chi connectivity index (χ3v) is 4.77. The summed E-state index contributed by atoms with van der Waals surface area (Å²) in [6.45, 7) is 7.84. The highest BCUT2D eigenvalue weighted by Crippen LogP contribution is 2.28. The molecular formula is C22H24N2O3. The zero-order valence-corrected chi connectivity index (χ0v) is 16.1. The number of fused-ring (bicyclic) bond motifs is 1. The van der Waals surface area contributed by atoms with E-state index in [0.717, 1.165) is 16.0 Å². The Hall–Kier alpha value is -2.95. The van der Waals surface area contributed by atoms with Crippen molar-refractivity contribution in [1.82, 2.24) is 4.90 Å². The molecule has 0 aliphatic carbocycles. The van der Waals surface area contributed by atoms with Gasteiger partial charge in [0.25, 0.3) is 11.8 Å². The summed E-state index contributed by atoms with van der Waals surface area (Å²) in [5.41, 5.74) is 3.45. The largest absolute Gasteiger partial charge is 0.324 e. The van der Waals surface area contributed by atoms with Crippen LogP contribution in [-0.4, -0.2) is 28.7 Å². The van der Waals surface area contributed by atoms with Crippen molar-refractivity contribution in [3.8, 4) is 0 Å². The molecule has 0 fully saturated rings. The number of hydrogen-bond acceptors (Lipinski definition) is 3. The van der Waals surface area contributed by atoms with Gasteiger partial charge in [0.15, 0.2) is 0 Å². The summed E-state index contributed by atoms with van der Waals surface area (Å²) in [7, 11) is 0. The summed E-state index contributed by atoms with van der Waals surface area (Å²) in [5.74, 6) is -1.01. The monoisotopic (exact) mass is 364 g/mol. The predicted octanol–water partition coefficient (Wildman–Crippen LogP) is 3.95. The van der Waals surface area contributed by atoms with Gasteiger partial charge >= 0.3 is 0 Å². The second-order valence-electron chi connectivity index (χ2n) is 7.48. The van der Waals surface area contributed by atoms with Gasteiger partial charge in [-0.05, 0) is 49.9 Å². The van der Waals surface area contributed by atoms with Gasteiger partial charge in [-0.1, -0.05) is 43.7 Å². The summed E-state index contributed by atoms with van der Waals surface area (Å²) in [4.78, 5) is 39.8. The van der Waals surface area contributed by atoms with E-state index >= 15 is 0 Å². The number of rotatable bonds is 5. The van der Waals surface area contributed by atoms with Gasteiger partial charge in [-0.15, -0.1) is 0 Å². The van der Waals surface area contributed by atoms with E-state index in [4.69, 9.17) is 0 Å². The minimum Gasteiger partial charge on any atom is -0.324 e. The average molecular weight is 364 g/mol. The van der Waals surface area contributed by atoms with Gasteiger partial charge in [-0.2, -0.15) is 0 Å². The molecule has 27 heavy (non-hydrogen) atoms. The zero-order chi connectivity index (χ0) is 19.7. The third-order valence-electron chi connectivity index (χ3n) is 4.77. The second kappa shape index (κ2) is 7.35. The number of nitrogens with one attached hydrogen (secondary N) is 1. The van der Waals surface area contributed by atoms with E-state index in [1.165, 1.54) is 0 Å². The first-order valence-corrected chi connectivity index (χ1v) is 9.14. The Balaban J connectivity index is 1.91.